The number of aliphatic imine (C=N–C) groups is 1. The Kier molecular flexibility index (Phi) is 7.70. The molecule has 1 unspecified atom stereocenters. The molecule has 2 heterocycles. The minimum Gasteiger partial charge on any atom is -0.495 e. The van der Waals surface area contributed by atoms with Crippen molar-refractivity contribution >= 4 is 17.6 Å². The second kappa shape index (κ2) is 11.1. The number of para-hydroxylation sites is 2. The summed E-state index contributed by atoms with van der Waals surface area (Å²) in [7, 11) is 1.72. The third-order valence-electron chi connectivity index (χ3n) is 6.26. The smallest absolute Gasteiger partial charge is 0.222 e. The molecule has 2 aromatic rings. The first-order valence-electron chi connectivity index (χ1n) is 11.9. The van der Waals surface area contributed by atoms with Crippen LogP contribution in [0.2, 0.25) is 0 Å². The van der Waals surface area contributed by atoms with Gasteiger partial charge in [0, 0.05) is 45.2 Å². The molecular weight excluding hydrogens is 414 g/mol. The predicted molar refractivity (Wildman–Crippen MR) is 133 cm³/mol. The fourth-order valence-corrected chi connectivity index (χ4v) is 4.59. The summed E-state index contributed by atoms with van der Waals surface area (Å²) in [5, 5.41) is 6.99. The molecule has 0 radical (unpaired) electrons. The Morgan fingerprint density at radius 2 is 2.00 bits per heavy atom. The quantitative estimate of drug-likeness (QED) is 0.479. The Hall–Kier alpha value is -3.22. The Balaban J connectivity index is 1.36. The molecule has 7 heteroatoms. The van der Waals surface area contributed by atoms with Gasteiger partial charge < -0.3 is 25.2 Å². The number of methoxy groups -OCH3 is 1. The maximum absolute atomic E-state index is 11.9. The van der Waals surface area contributed by atoms with Gasteiger partial charge in [-0.3, -0.25) is 4.79 Å². The molecule has 0 bridgehead atoms. The Bertz CT molecular complexity index is 977. The molecule has 2 aromatic carbocycles. The lowest BCUT2D eigenvalue weighted by Gasteiger charge is -2.22. The number of guanidine groups is 1. The van der Waals surface area contributed by atoms with Crippen molar-refractivity contribution in [2.75, 3.05) is 38.2 Å². The van der Waals surface area contributed by atoms with E-state index in [0.29, 0.717) is 25.6 Å². The number of rotatable bonds is 8. The lowest BCUT2D eigenvalue weighted by atomic mass is 10.1. The van der Waals surface area contributed by atoms with Crippen LogP contribution in [0.4, 0.5) is 5.69 Å². The van der Waals surface area contributed by atoms with Crippen LogP contribution in [-0.2, 0) is 17.9 Å². The highest BCUT2D eigenvalue weighted by Gasteiger charge is 2.25. The number of hydrogen-bond acceptors (Lipinski definition) is 4. The maximum Gasteiger partial charge on any atom is 0.222 e. The standard InChI is InChI=1S/C26H35N5O2/c1-3-27-26(29-22-13-15-30(19-22)23-10-4-5-11-24(23)33-2)28-17-20-8-6-9-21(16-20)18-31-14-7-12-25(31)32/h4-6,8-11,16,22H,3,7,12-15,17-19H2,1-2H3,(H2,27,28,29). The second-order valence-electron chi connectivity index (χ2n) is 8.68. The van der Waals surface area contributed by atoms with Crippen molar-refractivity contribution in [1.82, 2.24) is 15.5 Å². The van der Waals surface area contributed by atoms with Crippen molar-refractivity contribution < 1.29 is 9.53 Å². The average Bonchev–Trinajstić information content (AvgIpc) is 3.47. The van der Waals surface area contributed by atoms with Gasteiger partial charge in [-0.1, -0.05) is 36.4 Å². The van der Waals surface area contributed by atoms with E-state index in [9.17, 15) is 4.79 Å². The van der Waals surface area contributed by atoms with Crippen LogP contribution in [0.5, 0.6) is 5.75 Å². The molecule has 176 valence electrons. The van der Waals surface area contributed by atoms with Gasteiger partial charge in [0.15, 0.2) is 5.96 Å². The van der Waals surface area contributed by atoms with E-state index in [-0.39, 0.29) is 5.91 Å². The molecule has 1 atom stereocenters. The number of hydrogen-bond donors (Lipinski definition) is 2. The number of likely N-dealkylation sites (tertiary alicyclic amines) is 1. The summed E-state index contributed by atoms with van der Waals surface area (Å²) in [4.78, 5) is 21.1. The van der Waals surface area contributed by atoms with E-state index in [2.05, 4.69) is 58.9 Å². The predicted octanol–water partition coefficient (Wildman–Crippen LogP) is 3.15. The van der Waals surface area contributed by atoms with Crippen molar-refractivity contribution in [2.24, 2.45) is 4.99 Å². The number of benzene rings is 2. The third kappa shape index (κ3) is 5.97. The molecular formula is C26H35N5O2. The van der Waals surface area contributed by atoms with Crippen LogP contribution in [0.15, 0.2) is 53.5 Å². The van der Waals surface area contributed by atoms with Gasteiger partial charge >= 0.3 is 0 Å². The average molecular weight is 450 g/mol. The van der Waals surface area contributed by atoms with Crippen LogP contribution < -0.4 is 20.3 Å². The van der Waals surface area contributed by atoms with E-state index < -0.39 is 0 Å². The Morgan fingerprint density at radius 3 is 2.79 bits per heavy atom. The van der Waals surface area contributed by atoms with Gasteiger partial charge in [-0.05, 0) is 43.0 Å². The lowest BCUT2D eigenvalue weighted by molar-refractivity contribution is -0.128. The van der Waals surface area contributed by atoms with E-state index in [1.807, 2.05) is 17.0 Å². The molecule has 0 saturated carbocycles. The molecule has 0 aromatic heterocycles. The van der Waals surface area contributed by atoms with Crippen LogP contribution in [0.3, 0.4) is 0 Å². The van der Waals surface area contributed by atoms with Crippen molar-refractivity contribution in [3.63, 3.8) is 0 Å². The highest BCUT2D eigenvalue weighted by molar-refractivity contribution is 5.80. The van der Waals surface area contributed by atoms with Gasteiger partial charge in [0.25, 0.3) is 0 Å². The van der Waals surface area contributed by atoms with Crippen LogP contribution in [0.1, 0.15) is 37.3 Å². The zero-order valence-corrected chi connectivity index (χ0v) is 19.7. The van der Waals surface area contributed by atoms with Crippen LogP contribution in [-0.4, -0.2) is 56.1 Å². The molecule has 2 N–H and O–H groups in total. The number of amides is 1. The van der Waals surface area contributed by atoms with E-state index in [1.54, 1.807) is 7.11 Å². The van der Waals surface area contributed by atoms with Crippen LogP contribution in [0, 0.1) is 0 Å². The molecule has 2 aliphatic rings. The number of carbonyl (C=O) groups is 1. The minimum absolute atomic E-state index is 0.260. The largest absolute Gasteiger partial charge is 0.495 e. The minimum atomic E-state index is 0.260. The summed E-state index contributed by atoms with van der Waals surface area (Å²) in [6.07, 6.45) is 2.69. The Morgan fingerprint density at radius 1 is 1.15 bits per heavy atom. The molecule has 1 amide bonds. The molecule has 33 heavy (non-hydrogen) atoms. The van der Waals surface area contributed by atoms with Gasteiger partial charge in [-0.2, -0.15) is 0 Å². The molecule has 7 nitrogen and oxygen atoms in total. The van der Waals surface area contributed by atoms with Crippen molar-refractivity contribution in [3.8, 4) is 5.75 Å². The maximum atomic E-state index is 11.9. The third-order valence-corrected chi connectivity index (χ3v) is 6.26. The SMILES string of the molecule is CCNC(=NCc1cccc(CN2CCCC2=O)c1)NC1CCN(c2ccccc2OC)C1. The van der Waals surface area contributed by atoms with Crippen molar-refractivity contribution in [1.29, 1.82) is 0 Å². The normalized spacial score (nSPS) is 18.7. The summed E-state index contributed by atoms with van der Waals surface area (Å²) < 4.78 is 5.54. The molecule has 0 aliphatic carbocycles. The first-order chi connectivity index (χ1) is 16.2. The van der Waals surface area contributed by atoms with Gasteiger partial charge in [-0.25, -0.2) is 4.99 Å². The second-order valence-corrected chi connectivity index (χ2v) is 8.68. The summed E-state index contributed by atoms with van der Waals surface area (Å²) in [5.74, 6) is 2.01. The van der Waals surface area contributed by atoms with Gasteiger partial charge in [0.1, 0.15) is 5.75 Å². The Labute approximate surface area is 196 Å². The molecule has 2 aliphatic heterocycles. The molecule has 2 fully saturated rings. The monoisotopic (exact) mass is 449 g/mol. The summed E-state index contributed by atoms with van der Waals surface area (Å²) >= 11 is 0. The van der Waals surface area contributed by atoms with E-state index in [4.69, 9.17) is 9.73 Å². The van der Waals surface area contributed by atoms with Crippen LogP contribution >= 0.6 is 0 Å². The topological polar surface area (TPSA) is 69.2 Å². The molecule has 2 saturated heterocycles. The number of nitrogens with one attached hydrogen (secondary N) is 2. The van der Waals surface area contributed by atoms with Crippen molar-refractivity contribution in [2.45, 2.75) is 45.3 Å². The molecule has 0 spiro atoms. The van der Waals surface area contributed by atoms with E-state index >= 15 is 0 Å². The number of nitrogens with zero attached hydrogens (tertiary/aromatic N) is 3. The van der Waals surface area contributed by atoms with Gasteiger partial charge in [0.05, 0.1) is 19.3 Å². The van der Waals surface area contributed by atoms with E-state index in [0.717, 1.165) is 62.0 Å². The highest BCUT2D eigenvalue weighted by atomic mass is 16.5. The fraction of sp³-hybridized carbons (Fsp3) is 0.462. The summed E-state index contributed by atoms with van der Waals surface area (Å²) in [5.41, 5.74) is 3.46. The summed E-state index contributed by atoms with van der Waals surface area (Å²) in [6, 6.07) is 16.9. The number of ether oxygens (including phenoxy) is 1. The van der Waals surface area contributed by atoms with Gasteiger partial charge in [0.2, 0.25) is 5.91 Å². The molecule has 4 rings (SSSR count). The number of carbonyl (C=O) groups excluding carboxylic acids is 1. The van der Waals surface area contributed by atoms with Crippen LogP contribution in [0.25, 0.3) is 0 Å². The van der Waals surface area contributed by atoms with Crippen molar-refractivity contribution in [3.05, 3.63) is 59.7 Å². The van der Waals surface area contributed by atoms with Gasteiger partial charge in [-0.15, -0.1) is 0 Å². The fourth-order valence-electron chi connectivity index (χ4n) is 4.59. The summed E-state index contributed by atoms with van der Waals surface area (Å²) in [6.45, 7) is 6.93. The first-order valence-corrected chi connectivity index (χ1v) is 11.9. The highest BCUT2D eigenvalue weighted by Crippen LogP contribution is 2.30. The zero-order valence-electron chi connectivity index (χ0n) is 19.7. The van der Waals surface area contributed by atoms with E-state index in [1.165, 1.54) is 5.56 Å². The lowest BCUT2D eigenvalue weighted by Crippen LogP contribution is -2.44. The number of anilines is 1. The zero-order chi connectivity index (χ0) is 23.0. The first kappa shape index (κ1) is 23.0.